The summed E-state index contributed by atoms with van der Waals surface area (Å²) in [4.78, 5) is 12.3. The molecule has 24 heavy (non-hydrogen) atoms. The number of benzene rings is 1. The maximum Gasteiger partial charge on any atom is 0.224 e. The summed E-state index contributed by atoms with van der Waals surface area (Å²) in [5, 5.41) is 3.81. The van der Waals surface area contributed by atoms with E-state index in [1.54, 1.807) is 0 Å². The molecule has 4 heteroatoms. The zero-order valence-electron chi connectivity index (χ0n) is 14.5. The highest BCUT2D eigenvalue weighted by atomic mass is 32.2. The van der Waals surface area contributed by atoms with Gasteiger partial charge in [-0.2, -0.15) is 11.8 Å². The topological polar surface area (TPSA) is 38.3 Å². The van der Waals surface area contributed by atoms with Gasteiger partial charge >= 0.3 is 0 Å². The lowest BCUT2D eigenvalue weighted by atomic mass is 9.87. The van der Waals surface area contributed by atoms with Crippen LogP contribution in [-0.4, -0.2) is 24.4 Å². The number of anilines is 1. The Morgan fingerprint density at radius 2 is 1.92 bits per heavy atom. The lowest BCUT2D eigenvalue weighted by Crippen LogP contribution is -2.18. The Morgan fingerprint density at radius 1 is 1.12 bits per heavy atom. The third-order valence-corrected chi connectivity index (χ3v) is 6.51. The van der Waals surface area contributed by atoms with Crippen molar-refractivity contribution in [2.75, 3.05) is 18.5 Å². The first-order valence-electron chi connectivity index (χ1n) is 9.38. The largest absolute Gasteiger partial charge is 0.381 e. The summed E-state index contributed by atoms with van der Waals surface area (Å²) in [6, 6.07) is 8.34. The van der Waals surface area contributed by atoms with Gasteiger partial charge in [0.15, 0.2) is 0 Å². The van der Waals surface area contributed by atoms with E-state index in [1.807, 2.05) is 17.8 Å². The fraction of sp³-hybridized carbons (Fsp3) is 0.650. The predicted octanol–water partition coefficient (Wildman–Crippen LogP) is 5.01. The van der Waals surface area contributed by atoms with Gasteiger partial charge in [-0.25, -0.2) is 0 Å². The molecule has 0 atom stereocenters. The number of amides is 1. The minimum absolute atomic E-state index is 0.177. The third-order valence-electron chi connectivity index (χ3n) is 5.06. The Hall–Kier alpha value is -1.00. The molecule has 1 amide bonds. The molecule has 3 rings (SSSR count). The number of rotatable bonds is 6. The summed E-state index contributed by atoms with van der Waals surface area (Å²) in [5.74, 6) is 1.78. The van der Waals surface area contributed by atoms with Crippen molar-refractivity contribution in [2.45, 2.75) is 62.4 Å². The van der Waals surface area contributed by atoms with Crippen molar-refractivity contribution >= 4 is 23.4 Å². The highest BCUT2D eigenvalue weighted by Gasteiger charge is 2.17. The molecular weight excluding hydrogens is 318 g/mol. The second-order valence-electron chi connectivity index (χ2n) is 7.08. The fourth-order valence-electron chi connectivity index (χ4n) is 3.66. The normalized spacial score (nSPS) is 20.0. The Morgan fingerprint density at radius 3 is 2.71 bits per heavy atom. The molecule has 0 radical (unpaired) electrons. The average molecular weight is 348 g/mol. The van der Waals surface area contributed by atoms with Crippen LogP contribution in [0.25, 0.3) is 0 Å². The molecule has 1 N–H and O–H groups in total. The van der Waals surface area contributed by atoms with E-state index in [0.29, 0.717) is 17.6 Å². The summed E-state index contributed by atoms with van der Waals surface area (Å²) in [6.07, 6.45) is 9.34. The lowest BCUT2D eigenvalue weighted by molar-refractivity contribution is -0.117. The lowest BCUT2D eigenvalue weighted by Gasteiger charge is -2.21. The van der Waals surface area contributed by atoms with Gasteiger partial charge in [-0.05, 0) is 49.3 Å². The third kappa shape index (κ3) is 5.82. The Bertz CT molecular complexity index is 522. The van der Waals surface area contributed by atoms with E-state index < -0.39 is 0 Å². The number of hydrogen-bond donors (Lipinski definition) is 1. The molecule has 1 aromatic rings. The molecule has 1 aliphatic carbocycles. The maximum absolute atomic E-state index is 12.3. The van der Waals surface area contributed by atoms with E-state index >= 15 is 0 Å². The zero-order valence-corrected chi connectivity index (χ0v) is 15.3. The van der Waals surface area contributed by atoms with Gasteiger partial charge in [-0.15, -0.1) is 0 Å². The Kier molecular flexibility index (Phi) is 7.03. The smallest absolute Gasteiger partial charge is 0.224 e. The molecule has 132 valence electrons. The van der Waals surface area contributed by atoms with E-state index in [0.717, 1.165) is 37.5 Å². The number of hydrogen-bond acceptors (Lipinski definition) is 3. The molecule has 1 saturated carbocycles. The minimum atomic E-state index is 0.177. The van der Waals surface area contributed by atoms with E-state index in [-0.39, 0.29) is 5.91 Å². The van der Waals surface area contributed by atoms with Crippen LogP contribution in [0.3, 0.4) is 0 Å². The molecule has 1 aromatic carbocycles. The highest BCUT2D eigenvalue weighted by Crippen LogP contribution is 2.28. The second kappa shape index (κ2) is 9.47. The Labute approximate surface area is 149 Å². The average Bonchev–Trinajstić information content (AvgIpc) is 2.62. The number of carbonyl (C=O) groups is 1. The quantitative estimate of drug-likeness (QED) is 0.786. The summed E-state index contributed by atoms with van der Waals surface area (Å²) in [7, 11) is 0. The van der Waals surface area contributed by atoms with E-state index in [2.05, 4.69) is 23.5 Å². The van der Waals surface area contributed by atoms with Crippen LogP contribution in [-0.2, 0) is 15.3 Å². The molecule has 1 aliphatic heterocycles. The first-order chi connectivity index (χ1) is 11.8. The molecule has 1 saturated heterocycles. The van der Waals surface area contributed by atoms with Crippen LogP contribution in [0, 0.1) is 5.92 Å². The van der Waals surface area contributed by atoms with Gasteiger partial charge in [-0.1, -0.05) is 31.4 Å². The van der Waals surface area contributed by atoms with E-state index in [1.165, 1.54) is 37.7 Å². The second-order valence-corrected chi connectivity index (χ2v) is 8.37. The van der Waals surface area contributed by atoms with Crippen LogP contribution in [0.5, 0.6) is 0 Å². The predicted molar refractivity (Wildman–Crippen MR) is 101 cm³/mol. The number of carbonyl (C=O) groups excluding carboxylic acids is 1. The van der Waals surface area contributed by atoms with Gasteiger partial charge in [0.05, 0.1) is 0 Å². The van der Waals surface area contributed by atoms with Crippen molar-refractivity contribution < 1.29 is 9.53 Å². The van der Waals surface area contributed by atoms with Crippen LogP contribution < -0.4 is 5.32 Å². The number of ether oxygens (including phenoxy) is 1. The van der Waals surface area contributed by atoms with Crippen LogP contribution in [0.4, 0.5) is 5.69 Å². The van der Waals surface area contributed by atoms with Gasteiger partial charge in [0.25, 0.3) is 0 Å². The molecule has 0 spiro atoms. The van der Waals surface area contributed by atoms with Crippen LogP contribution in [0.1, 0.15) is 56.9 Å². The fourth-order valence-corrected chi connectivity index (χ4v) is 4.79. The first-order valence-corrected chi connectivity index (χ1v) is 10.4. The summed E-state index contributed by atoms with van der Waals surface area (Å²) in [5.41, 5.74) is 2.24. The molecule has 0 unspecified atom stereocenters. The molecule has 0 bridgehead atoms. The summed E-state index contributed by atoms with van der Waals surface area (Å²) < 4.78 is 5.42. The molecule has 3 nitrogen and oxygen atoms in total. The van der Waals surface area contributed by atoms with Gasteiger partial charge in [0.1, 0.15) is 0 Å². The molecular formula is C20H29NO2S. The first kappa shape index (κ1) is 17.8. The Balaban J connectivity index is 1.46. The van der Waals surface area contributed by atoms with Crippen LogP contribution in [0.2, 0.25) is 0 Å². The van der Waals surface area contributed by atoms with Crippen molar-refractivity contribution in [1.82, 2.24) is 0 Å². The van der Waals surface area contributed by atoms with Crippen molar-refractivity contribution in [3.63, 3.8) is 0 Å². The SMILES string of the molecule is O=C(CC1CCCCC1)Nc1cccc(CSC2CCOCC2)c1. The summed E-state index contributed by atoms with van der Waals surface area (Å²) >= 11 is 2.01. The van der Waals surface area contributed by atoms with Crippen LogP contribution in [0.15, 0.2) is 24.3 Å². The van der Waals surface area contributed by atoms with E-state index in [4.69, 9.17) is 4.74 Å². The molecule has 0 aromatic heterocycles. The van der Waals surface area contributed by atoms with Gasteiger partial charge in [0.2, 0.25) is 5.91 Å². The summed E-state index contributed by atoms with van der Waals surface area (Å²) in [6.45, 7) is 1.80. The number of thioether (sulfide) groups is 1. The zero-order chi connectivity index (χ0) is 16.6. The number of nitrogens with one attached hydrogen (secondary N) is 1. The highest BCUT2D eigenvalue weighted by molar-refractivity contribution is 7.99. The van der Waals surface area contributed by atoms with Crippen molar-refractivity contribution in [3.8, 4) is 0 Å². The molecule has 1 heterocycles. The molecule has 2 aliphatic rings. The van der Waals surface area contributed by atoms with E-state index in [9.17, 15) is 4.79 Å². The van der Waals surface area contributed by atoms with Gasteiger partial charge in [0, 0.05) is 36.3 Å². The minimum Gasteiger partial charge on any atom is -0.381 e. The van der Waals surface area contributed by atoms with Crippen molar-refractivity contribution in [1.29, 1.82) is 0 Å². The monoisotopic (exact) mass is 347 g/mol. The van der Waals surface area contributed by atoms with Gasteiger partial charge < -0.3 is 10.1 Å². The molecule has 2 fully saturated rings. The maximum atomic E-state index is 12.3. The van der Waals surface area contributed by atoms with Crippen LogP contribution >= 0.6 is 11.8 Å². The van der Waals surface area contributed by atoms with Crippen molar-refractivity contribution in [3.05, 3.63) is 29.8 Å². The standard InChI is InChI=1S/C20H29NO2S/c22-20(14-16-5-2-1-3-6-16)21-18-8-4-7-17(13-18)15-24-19-9-11-23-12-10-19/h4,7-8,13,16,19H,1-3,5-6,9-12,14-15H2,(H,21,22). The van der Waals surface area contributed by atoms with Crippen molar-refractivity contribution in [2.24, 2.45) is 5.92 Å². The van der Waals surface area contributed by atoms with Gasteiger partial charge in [-0.3, -0.25) is 4.79 Å².